The van der Waals surface area contributed by atoms with Crippen LogP contribution in [0.25, 0.3) is 11.3 Å². The average molecular weight is 284 g/mol. The molecule has 4 heteroatoms. The summed E-state index contributed by atoms with van der Waals surface area (Å²) in [6, 6.07) is 18.4. The van der Waals surface area contributed by atoms with Gasteiger partial charge in [0.1, 0.15) is 10.5 Å². The Labute approximate surface area is 121 Å². The minimum absolute atomic E-state index is 0.233. The fraction of sp³-hybridized carbons (Fsp3) is 0.0625. The Kier molecular flexibility index (Phi) is 3.48. The van der Waals surface area contributed by atoms with Crippen LogP contribution in [0.4, 0.5) is 4.39 Å². The topological polar surface area (TPSA) is 20.7 Å². The lowest BCUT2D eigenvalue weighted by molar-refractivity contribution is 0.618. The predicted molar refractivity (Wildman–Crippen MR) is 80.6 cm³/mol. The molecule has 2 aromatic carbocycles. The lowest BCUT2D eigenvalue weighted by Crippen LogP contribution is -2.02. The van der Waals surface area contributed by atoms with Gasteiger partial charge in [0.15, 0.2) is 0 Å². The standard InChI is InChI=1S/C16H13FN2S/c17-14-8-4-5-12(9-14)11-19-16(20)10-15(18-19)13-6-2-1-3-7-13/h1-10,18H,11H2. The number of benzene rings is 2. The molecule has 20 heavy (non-hydrogen) atoms. The van der Waals surface area contributed by atoms with E-state index < -0.39 is 0 Å². The maximum Gasteiger partial charge on any atom is 0.123 e. The maximum atomic E-state index is 13.2. The molecule has 0 aliphatic carbocycles. The molecule has 0 unspecified atom stereocenters. The third-order valence-electron chi connectivity index (χ3n) is 3.10. The predicted octanol–water partition coefficient (Wildman–Crippen LogP) is 4.40. The lowest BCUT2D eigenvalue weighted by atomic mass is 10.2. The molecule has 0 atom stereocenters. The molecular weight excluding hydrogens is 271 g/mol. The number of rotatable bonds is 3. The third-order valence-corrected chi connectivity index (χ3v) is 3.44. The minimum Gasteiger partial charge on any atom is -0.297 e. The number of aromatic nitrogens is 2. The van der Waals surface area contributed by atoms with Gasteiger partial charge in [-0.15, -0.1) is 0 Å². The van der Waals surface area contributed by atoms with Crippen molar-refractivity contribution in [3.8, 4) is 11.3 Å². The van der Waals surface area contributed by atoms with E-state index in [1.165, 1.54) is 12.1 Å². The molecule has 1 aromatic heterocycles. The Morgan fingerprint density at radius 3 is 2.55 bits per heavy atom. The Balaban J connectivity index is 1.92. The minimum atomic E-state index is -0.233. The van der Waals surface area contributed by atoms with Crippen LogP contribution in [0.1, 0.15) is 5.56 Å². The van der Waals surface area contributed by atoms with E-state index in [0.29, 0.717) is 11.2 Å². The molecule has 1 N–H and O–H groups in total. The average Bonchev–Trinajstić information content (AvgIpc) is 2.81. The normalized spacial score (nSPS) is 10.7. The summed E-state index contributed by atoms with van der Waals surface area (Å²) in [7, 11) is 0. The molecule has 0 saturated carbocycles. The van der Waals surface area contributed by atoms with E-state index in [-0.39, 0.29) is 5.82 Å². The van der Waals surface area contributed by atoms with Gasteiger partial charge in [0.2, 0.25) is 0 Å². The highest BCUT2D eigenvalue weighted by Gasteiger charge is 2.04. The van der Waals surface area contributed by atoms with E-state index in [1.54, 1.807) is 6.07 Å². The maximum absolute atomic E-state index is 13.2. The van der Waals surface area contributed by atoms with Crippen LogP contribution in [0, 0.1) is 10.5 Å². The van der Waals surface area contributed by atoms with Crippen LogP contribution >= 0.6 is 12.2 Å². The van der Waals surface area contributed by atoms with Crippen LogP contribution in [0.15, 0.2) is 60.7 Å². The third kappa shape index (κ3) is 2.70. The summed E-state index contributed by atoms with van der Waals surface area (Å²) < 4.78 is 15.7. The summed E-state index contributed by atoms with van der Waals surface area (Å²) in [5, 5.41) is 3.26. The van der Waals surface area contributed by atoms with Crippen molar-refractivity contribution in [3.05, 3.63) is 76.7 Å². The highest BCUT2D eigenvalue weighted by Crippen LogP contribution is 2.17. The molecule has 2 nitrogen and oxygen atoms in total. The van der Waals surface area contributed by atoms with Crippen LogP contribution < -0.4 is 0 Å². The van der Waals surface area contributed by atoms with Crippen molar-refractivity contribution in [2.45, 2.75) is 6.54 Å². The van der Waals surface area contributed by atoms with Gasteiger partial charge in [0, 0.05) is 0 Å². The molecule has 0 aliphatic rings. The van der Waals surface area contributed by atoms with Gasteiger partial charge in [-0.3, -0.25) is 9.78 Å². The summed E-state index contributed by atoms with van der Waals surface area (Å²) >= 11 is 5.34. The number of halogens is 1. The second-order valence-corrected chi connectivity index (χ2v) is 5.01. The zero-order valence-electron chi connectivity index (χ0n) is 10.7. The first kappa shape index (κ1) is 12.8. The number of aromatic amines is 1. The lowest BCUT2D eigenvalue weighted by Gasteiger charge is -2.04. The Bertz CT molecular complexity index is 774. The Morgan fingerprint density at radius 1 is 1.00 bits per heavy atom. The zero-order chi connectivity index (χ0) is 13.9. The van der Waals surface area contributed by atoms with E-state index in [4.69, 9.17) is 12.2 Å². The molecule has 3 aromatic rings. The zero-order valence-corrected chi connectivity index (χ0v) is 11.5. The van der Waals surface area contributed by atoms with Crippen LogP contribution in [-0.2, 0) is 6.54 Å². The highest BCUT2D eigenvalue weighted by atomic mass is 32.1. The molecule has 0 bridgehead atoms. The van der Waals surface area contributed by atoms with Crippen LogP contribution in [-0.4, -0.2) is 9.78 Å². The van der Waals surface area contributed by atoms with Gasteiger partial charge in [-0.1, -0.05) is 54.7 Å². The smallest absolute Gasteiger partial charge is 0.123 e. The van der Waals surface area contributed by atoms with Crippen molar-refractivity contribution >= 4 is 12.2 Å². The van der Waals surface area contributed by atoms with Gasteiger partial charge in [0.25, 0.3) is 0 Å². The second-order valence-electron chi connectivity index (χ2n) is 4.59. The van der Waals surface area contributed by atoms with E-state index in [0.717, 1.165) is 16.8 Å². The van der Waals surface area contributed by atoms with E-state index in [9.17, 15) is 4.39 Å². The van der Waals surface area contributed by atoms with Gasteiger partial charge in [-0.25, -0.2) is 4.39 Å². The first-order valence-electron chi connectivity index (χ1n) is 6.32. The van der Waals surface area contributed by atoms with Crippen molar-refractivity contribution in [1.29, 1.82) is 0 Å². The summed E-state index contributed by atoms with van der Waals surface area (Å²) in [6.45, 7) is 0.531. The second kappa shape index (κ2) is 5.43. The molecular formula is C16H13FN2S. The molecule has 0 radical (unpaired) electrons. The van der Waals surface area contributed by atoms with E-state index in [2.05, 4.69) is 5.10 Å². The molecule has 3 rings (SSSR count). The van der Waals surface area contributed by atoms with Crippen molar-refractivity contribution in [2.75, 3.05) is 0 Å². The SMILES string of the molecule is Fc1cccc(Cn2[nH]c(-c3ccccc3)cc2=S)c1. The fourth-order valence-corrected chi connectivity index (χ4v) is 2.36. The van der Waals surface area contributed by atoms with Crippen LogP contribution in [0.2, 0.25) is 0 Å². The van der Waals surface area contributed by atoms with Crippen molar-refractivity contribution in [2.24, 2.45) is 0 Å². The molecule has 0 saturated heterocycles. The summed E-state index contributed by atoms with van der Waals surface area (Å²) in [4.78, 5) is 0. The first-order chi connectivity index (χ1) is 9.72. The van der Waals surface area contributed by atoms with Gasteiger partial charge in [-0.2, -0.15) is 0 Å². The largest absolute Gasteiger partial charge is 0.297 e. The number of hydrogen-bond acceptors (Lipinski definition) is 1. The molecule has 100 valence electrons. The molecule has 1 heterocycles. The molecule has 0 fully saturated rings. The highest BCUT2D eigenvalue weighted by molar-refractivity contribution is 7.71. The van der Waals surface area contributed by atoms with Gasteiger partial charge in [0.05, 0.1) is 12.2 Å². The van der Waals surface area contributed by atoms with E-state index in [1.807, 2.05) is 47.1 Å². The fourth-order valence-electron chi connectivity index (χ4n) is 2.14. The number of nitrogens with zero attached hydrogens (tertiary/aromatic N) is 1. The molecule has 0 spiro atoms. The number of nitrogens with one attached hydrogen (secondary N) is 1. The van der Waals surface area contributed by atoms with Crippen molar-refractivity contribution in [1.82, 2.24) is 9.78 Å². The van der Waals surface area contributed by atoms with Gasteiger partial charge < -0.3 is 0 Å². The molecule has 0 amide bonds. The Hall–Kier alpha value is -2.20. The number of H-pyrrole nitrogens is 1. The van der Waals surface area contributed by atoms with E-state index >= 15 is 0 Å². The molecule has 0 aliphatic heterocycles. The van der Waals surface area contributed by atoms with Gasteiger partial charge >= 0.3 is 0 Å². The summed E-state index contributed by atoms with van der Waals surface area (Å²) in [5.74, 6) is -0.233. The van der Waals surface area contributed by atoms with Crippen LogP contribution in [0.5, 0.6) is 0 Å². The Morgan fingerprint density at radius 2 is 1.80 bits per heavy atom. The van der Waals surface area contributed by atoms with Crippen LogP contribution in [0.3, 0.4) is 0 Å². The summed E-state index contributed by atoms with van der Waals surface area (Å²) in [5.41, 5.74) is 2.92. The monoisotopic (exact) mass is 284 g/mol. The van der Waals surface area contributed by atoms with Crippen molar-refractivity contribution < 1.29 is 4.39 Å². The van der Waals surface area contributed by atoms with Gasteiger partial charge in [-0.05, 0) is 29.3 Å². The van der Waals surface area contributed by atoms with Crippen molar-refractivity contribution in [3.63, 3.8) is 0 Å². The first-order valence-corrected chi connectivity index (χ1v) is 6.73. The quantitative estimate of drug-likeness (QED) is 0.707. The number of hydrogen-bond donors (Lipinski definition) is 1. The summed E-state index contributed by atoms with van der Waals surface area (Å²) in [6.07, 6.45) is 0.